The molecule has 5 nitrogen and oxygen atoms in total. The smallest absolute Gasteiger partial charge is 0.225 e. The van der Waals surface area contributed by atoms with E-state index >= 15 is 0 Å². The van der Waals surface area contributed by atoms with Crippen LogP contribution in [0.3, 0.4) is 0 Å². The topological polar surface area (TPSA) is 70.2 Å². The van der Waals surface area contributed by atoms with Gasteiger partial charge in [-0.15, -0.1) is 12.4 Å². The molecule has 2 atom stereocenters. The minimum atomic E-state index is -0.224. The van der Waals surface area contributed by atoms with Gasteiger partial charge in [0.1, 0.15) is 0 Å². The quantitative estimate of drug-likeness (QED) is 0.588. The molecule has 0 aromatic heterocycles. The van der Waals surface area contributed by atoms with Crippen molar-refractivity contribution in [2.45, 2.75) is 39.5 Å². The predicted molar refractivity (Wildman–Crippen MR) is 82.9 cm³/mol. The zero-order chi connectivity index (χ0) is 14.1. The molecule has 1 aliphatic rings. The lowest BCUT2D eigenvalue weighted by Crippen LogP contribution is -2.42. The highest BCUT2D eigenvalue weighted by atomic mass is 35.5. The Morgan fingerprint density at radius 3 is 1.70 bits per heavy atom. The van der Waals surface area contributed by atoms with Crippen molar-refractivity contribution in [2.24, 2.45) is 11.8 Å². The van der Waals surface area contributed by atoms with Crippen LogP contribution in [-0.2, 0) is 9.59 Å². The molecule has 1 rings (SSSR count). The van der Waals surface area contributed by atoms with Crippen molar-refractivity contribution in [3.05, 3.63) is 0 Å². The number of amides is 2. The van der Waals surface area contributed by atoms with E-state index in [1.54, 1.807) is 0 Å². The first kappa shape index (κ1) is 19.2. The van der Waals surface area contributed by atoms with Gasteiger partial charge in [-0.25, -0.2) is 0 Å². The van der Waals surface area contributed by atoms with E-state index in [0.29, 0.717) is 26.2 Å². The molecule has 3 N–H and O–H groups in total. The highest BCUT2D eigenvalue weighted by Crippen LogP contribution is 2.17. The van der Waals surface area contributed by atoms with Crippen molar-refractivity contribution in [3.8, 4) is 0 Å². The van der Waals surface area contributed by atoms with Crippen LogP contribution >= 0.6 is 12.4 Å². The standard InChI is InChI=1S/C14H27N3O2.ClH/c1-3-5-7-16-13(18)11-9-15-10-12(11)14(19)17-8-6-4-2;/h11-12,15H,3-10H2,1-2H3,(H,16,18)(H,17,19);1H/t11-,12-;/m1./s1. The van der Waals surface area contributed by atoms with Crippen molar-refractivity contribution < 1.29 is 9.59 Å². The number of hydrogen-bond donors (Lipinski definition) is 3. The molecule has 0 saturated carbocycles. The molecule has 0 bridgehead atoms. The molecule has 1 saturated heterocycles. The minimum absolute atomic E-state index is 0. The van der Waals surface area contributed by atoms with Gasteiger partial charge in [0.15, 0.2) is 0 Å². The maximum atomic E-state index is 12.0. The Balaban J connectivity index is 0.00000361. The Labute approximate surface area is 128 Å². The maximum Gasteiger partial charge on any atom is 0.225 e. The first-order valence-corrected chi connectivity index (χ1v) is 7.46. The van der Waals surface area contributed by atoms with Crippen molar-refractivity contribution >= 4 is 24.2 Å². The number of hydrogen-bond acceptors (Lipinski definition) is 3. The van der Waals surface area contributed by atoms with Gasteiger partial charge in [0.2, 0.25) is 11.8 Å². The Kier molecular flexibility index (Phi) is 10.5. The summed E-state index contributed by atoms with van der Waals surface area (Å²) in [5, 5.41) is 8.98. The summed E-state index contributed by atoms with van der Waals surface area (Å²) in [4.78, 5) is 24.1. The molecular formula is C14H28ClN3O2. The summed E-state index contributed by atoms with van der Waals surface area (Å²) in [6.07, 6.45) is 4.09. The summed E-state index contributed by atoms with van der Waals surface area (Å²) in [7, 11) is 0. The third kappa shape index (κ3) is 6.09. The van der Waals surface area contributed by atoms with E-state index in [4.69, 9.17) is 0 Å². The zero-order valence-electron chi connectivity index (χ0n) is 12.5. The molecule has 20 heavy (non-hydrogen) atoms. The molecule has 6 heteroatoms. The normalized spacial score (nSPS) is 21.1. The van der Waals surface area contributed by atoms with Crippen LogP contribution < -0.4 is 16.0 Å². The van der Waals surface area contributed by atoms with E-state index in [1.807, 2.05) is 0 Å². The van der Waals surface area contributed by atoms with E-state index in [2.05, 4.69) is 29.8 Å². The van der Waals surface area contributed by atoms with Crippen LogP contribution in [0.25, 0.3) is 0 Å². The van der Waals surface area contributed by atoms with Crippen molar-refractivity contribution in [2.75, 3.05) is 26.2 Å². The number of halogens is 1. The van der Waals surface area contributed by atoms with Gasteiger partial charge in [-0.05, 0) is 12.8 Å². The molecule has 0 unspecified atom stereocenters. The summed E-state index contributed by atoms with van der Waals surface area (Å²) >= 11 is 0. The van der Waals surface area contributed by atoms with E-state index in [0.717, 1.165) is 25.7 Å². The van der Waals surface area contributed by atoms with Gasteiger partial charge in [0, 0.05) is 26.2 Å². The summed E-state index contributed by atoms with van der Waals surface area (Å²) in [6.45, 7) is 6.79. The third-order valence-corrected chi connectivity index (χ3v) is 3.55. The van der Waals surface area contributed by atoms with Gasteiger partial charge in [-0.1, -0.05) is 26.7 Å². The lowest BCUT2D eigenvalue weighted by molar-refractivity contribution is -0.132. The van der Waals surface area contributed by atoms with Crippen molar-refractivity contribution in [1.29, 1.82) is 0 Å². The van der Waals surface area contributed by atoms with Crippen LogP contribution in [0.5, 0.6) is 0 Å². The van der Waals surface area contributed by atoms with Gasteiger partial charge < -0.3 is 16.0 Å². The third-order valence-electron chi connectivity index (χ3n) is 3.55. The monoisotopic (exact) mass is 305 g/mol. The van der Waals surface area contributed by atoms with Gasteiger partial charge in [0.05, 0.1) is 11.8 Å². The van der Waals surface area contributed by atoms with Gasteiger partial charge in [-0.2, -0.15) is 0 Å². The Morgan fingerprint density at radius 1 is 0.950 bits per heavy atom. The molecule has 0 radical (unpaired) electrons. The average Bonchev–Trinajstić information content (AvgIpc) is 2.88. The highest BCUT2D eigenvalue weighted by molar-refractivity contribution is 5.88. The minimum Gasteiger partial charge on any atom is -0.356 e. The maximum absolute atomic E-state index is 12.0. The zero-order valence-corrected chi connectivity index (χ0v) is 13.4. The van der Waals surface area contributed by atoms with Crippen LogP contribution in [0.2, 0.25) is 0 Å². The molecule has 0 spiro atoms. The number of nitrogens with one attached hydrogen (secondary N) is 3. The number of carbonyl (C=O) groups is 2. The summed E-state index contributed by atoms with van der Waals surface area (Å²) in [6, 6.07) is 0. The summed E-state index contributed by atoms with van der Waals surface area (Å²) < 4.78 is 0. The SMILES string of the molecule is CCCCNC(=O)[C@@H]1CNC[C@H]1C(=O)NCCCC.Cl. The summed E-state index contributed by atoms with van der Waals surface area (Å²) in [5.41, 5.74) is 0. The second kappa shape index (κ2) is 10.9. The molecule has 1 aliphatic heterocycles. The Morgan fingerprint density at radius 2 is 1.35 bits per heavy atom. The largest absolute Gasteiger partial charge is 0.356 e. The molecule has 1 fully saturated rings. The fourth-order valence-corrected chi connectivity index (χ4v) is 2.27. The van der Waals surface area contributed by atoms with E-state index in [-0.39, 0.29) is 36.1 Å². The first-order chi connectivity index (χ1) is 9.20. The van der Waals surface area contributed by atoms with Crippen LogP contribution in [0.4, 0.5) is 0 Å². The lowest BCUT2D eigenvalue weighted by Gasteiger charge is -2.17. The molecule has 2 amide bonds. The van der Waals surface area contributed by atoms with Crippen molar-refractivity contribution in [1.82, 2.24) is 16.0 Å². The van der Waals surface area contributed by atoms with Gasteiger partial charge in [0.25, 0.3) is 0 Å². The van der Waals surface area contributed by atoms with Gasteiger partial charge >= 0.3 is 0 Å². The molecule has 118 valence electrons. The van der Waals surface area contributed by atoms with Crippen LogP contribution in [-0.4, -0.2) is 38.0 Å². The number of unbranched alkanes of at least 4 members (excludes halogenated alkanes) is 2. The molecule has 0 aromatic carbocycles. The highest BCUT2D eigenvalue weighted by Gasteiger charge is 2.37. The number of carbonyl (C=O) groups excluding carboxylic acids is 2. The van der Waals surface area contributed by atoms with Gasteiger partial charge in [-0.3, -0.25) is 9.59 Å². The van der Waals surface area contributed by atoms with E-state index in [9.17, 15) is 9.59 Å². The van der Waals surface area contributed by atoms with E-state index in [1.165, 1.54) is 0 Å². The lowest BCUT2D eigenvalue weighted by atomic mass is 9.94. The number of rotatable bonds is 8. The molecule has 1 heterocycles. The van der Waals surface area contributed by atoms with Crippen LogP contribution in [0, 0.1) is 11.8 Å². The second-order valence-electron chi connectivity index (χ2n) is 5.16. The average molecular weight is 306 g/mol. The molecule has 0 aromatic rings. The second-order valence-corrected chi connectivity index (χ2v) is 5.16. The van der Waals surface area contributed by atoms with E-state index < -0.39 is 0 Å². The molecular weight excluding hydrogens is 278 g/mol. The van der Waals surface area contributed by atoms with Crippen LogP contribution in [0.15, 0.2) is 0 Å². The predicted octanol–water partition coefficient (Wildman–Crippen LogP) is 1.08. The fraction of sp³-hybridized carbons (Fsp3) is 0.857. The Hall–Kier alpha value is -0.810. The summed E-state index contributed by atoms with van der Waals surface area (Å²) in [5.74, 6) is -0.430. The first-order valence-electron chi connectivity index (χ1n) is 7.46. The Bertz CT molecular complexity index is 272. The molecule has 0 aliphatic carbocycles. The van der Waals surface area contributed by atoms with Crippen LogP contribution in [0.1, 0.15) is 39.5 Å². The fourth-order valence-electron chi connectivity index (χ4n) is 2.27. The van der Waals surface area contributed by atoms with Crippen molar-refractivity contribution in [3.63, 3.8) is 0 Å².